The van der Waals surface area contributed by atoms with E-state index in [0.717, 1.165) is 24.5 Å². The molecule has 0 amide bonds. The van der Waals surface area contributed by atoms with Gasteiger partial charge in [0.25, 0.3) is 0 Å². The van der Waals surface area contributed by atoms with Gasteiger partial charge in [0.05, 0.1) is 18.9 Å². The SMILES string of the molecule is Cc1nc(C(C)C)nc2c1COCC2. The first kappa shape index (κ1) is 9.59. The maximum atomic E-state index is 5.40. The van der Waals surface area contributed by atoms with Crippen molar-refractivity contribution in [2.24, 2.45) is 0 Å². The van der Waals surface area contributed by atoms with Crippen LogP contribution in [0.2, 0.25) is 0 Å². The van der Waals surface area contributed by atoms with E-state index in [-0.39, 0.29) is 0 Å². The van der Waals surface area contributed by atoms with Crippen LogP contribution in [0, 0.1) is 6.92 Å². The summed E-state index contributed by atoms with van der Waals surface area (Å²) in [5.74, 6) is 1.37. The number of rotatable bonds is 1. The minimum atomic E-state index is 0.404. The monoisotopic (exact) mass is 192 g/mol. The molecule has 14 heavy (non-hydrogen) atoms. The molecule has 3 heteroatoms. The molecule has 0 atom stereocenters. The Labute approximate surface area is 84.5 Å². The zero-order valence-corrected chi connectivity index (χ0v) is 9.00. The molecule has 1 aliphatic rings. The first-order valence-corrected chi connectivity index (χ1v) is 5.12. The van der Waals surface area contributed by atoms with Gasteiger partial charge in [0.2, 0.25) is 0 Å². The highest BCUT2D eigenvalue weighted by Gasteiger charge is 2.16. The van der Waals surface area contributed by atoms with Crippen LogP contribution < -0.4 is 0 Å². The average Bonchev–Trinajstić information content (AvgIpc) is 2.17. The lowest BCUT2D eigenvalue weighted by Crippen LogP contribution is -2.16. The van der Waals surface area contributed by atoms with Gasteiger partial charge in [0.1, 0.15) is 5.82 Å². The molecule has 0 N–H and O–H groups in total. The minimum Gasteiger partial charge on any atom is -0.376 e. The summed E-state index contributed by atoms with van der Waals surface area (Å²) in [6.07, 6.45) is 0.929. The predicted molar refractivity (Wildman–Crippen MR) is 54.2 cm³/mol. The number of hydrogen-bond acceptors (Lipinski definition) is 3. The zero-order valence-electron chi connectivity index (χ0n) is 9.00. The molecular weight excluding hydrogens is 176 g/mol. The lowest BCUT2D eigenvalue weighted by Gasteiger charge is -2.18. The molecule has 1 aromatic heterocycles. The summed E-state index contributed by atoms with van der Waals surface area (Å²) in [4.78, 5) is 9.08. The molecule has 0 bridgehead atoms. The maximum absolute atomic E-state index is 5.40. The first-order valence-electron chi connectivity index (χ1n) is 5.12. The lowest BCUT2D eigenvalue weighted by molar-refractivity contribution is 0.108. The molecule has 1 aliphatic heterocycles. The quantitative estimate of drug-likeness (QED) is 0.682. The lowest BCUT2D eigenvalue weighted by atomic mass is 10.1. The Bertz CT molecular complexity index is 347. The highest BCUT2D eigenvalue weighted by molar-refractivity contribution is 5.26. The van der Waals surface area contributed by atoms with Crippen molar-refractivity contribution in [1.29, 1.82) is 0 Å². The fourth-order valence-corrected chi connectivity index (χ4v) is 1.67. The Morgan fingerprint density at radius 3 is 2.79 bits per heavy atom. The van der Waals surface area contributed by atoms with Crippen LogP contribution in [-0.2, 0) is 17.8 Å². The van der Waals surface area contributed by atoms with Crippen molar-refractivity contribution in [2.45, 2.75) is 39.7 Å². The van der Waals surface area contributed by atoms with Gasteiger partial charge in [0, 0.05) is 23.6 Å². The number of nitrogens with zero attached hydrogens (tertiary/aromatic N) is 2. The van der Waals surface area contributed by atoms with Crippen LogP contribution >= 0.6 is 0 Å². The Kier molecular flexibility index (Phi) is 2.50. The summed E-state index contributed by atoms with van der Waals surface area (Å²) in [5.41, 5.74) is 3.46. The third-order valence-electron chi connectivity index (χ3n) is 2.56. The number of aryl methyl sites for hydroxylation is 1. The topological polar surface area (TPSA) is 35.0 Å². The summed E-state index contributed by atoms with van der Waals surface area (Å²) in [6.45, 7) is 7.77. The van der Waals surface area contributed by atoms with Gasteiger partial charge in [-0.3, -0.25) is 0 Å². The van der Waals surface area contributed by atoms with E-state index in [1.165, 1.54) is 11.3 Å². The molecule has 2 heterocycles. The Balaban J connectivity index is 2.46. The molecule has 0 aromatic carbocycles. The van der Waals surface area contributed by atoms with E-state index in [0.29, 0.717) is 12.5 Å². The molecule has 0 saturated heterocycles. The van der Waals surface area contributed by atoms with Crippen molar-refractivity contribution < 1.29 is 4.74 Å². The molecule has 1 aromatic rings. The molecular formula is C11H16N2O. The van der Waals surface area contributed by atoms with Gasteiger partial charge < -0.3 is 4.74 Å². The normalized spacial score (nSPS) is 15.7. The Morgan fingerprint density at radius 1 is 1.29 bits per heavy atom. The molecule has 0 unspecified atom stereocenters. The van der Waals surface area contributed by atoms with E-state index in [4.69, 9.17) is 4.74 Å². The van der Waals surface area contributed by atoms with Crippen LogP contribution in [0.15, 0.2) is 0 Å². The van der Waals surface area contributed by atoms with Crippen LogP contribution in [0.5, 0.6) is 0 Å². The van der Waals surface area contributed by atoms with E-state index >= 15 is 0 Å². The summed E-state index contributed by atoms with van der Waals surface area (Å²) in [5, 5.41) is 0. The van der Waals surface area contributed by atoms with Gasteiger partial charge in [-0.2, -0.15) is 0 Å². The van der Waals surface area contributed by atoms with Gasteiger partial charge in [-0.25, -0.2) is 9.97 Å². The summed E-state index contributed by atoms with van der Waals surface area (Å²) in [7, 11) is 0. The van der Waals surface area contributed by atoms with E-state index in [1.807, 2.05) is 6.92 Å². The third-order valence-corrected chi connectivity index (χ3v) is 2.56. The smallest absolute Gasteiger partial charge is 0.131 e. The van der Waals surface area contributed by atoms with E-state index in [2.05, 4.69) is 23.8 Å². The second-order valence-electron chi connectivity index (χ2n) is 4.05. The van der Waals surface area contributed by atoms with E-state index in [9.17, 15) is 0 Å². The zero-order chi connectivity index (χ0) is 10.1. The summed E-state index contributed by atoms with van der Waals surface area (Å²) in [6, 6.07) is 0. The Hall–Kier alpha value is -0.960. The number of aromatic nitrogens is 2. The van der Waals surface area contributed by atoms with Crippen LogP contribution in [0.3, 0.4) is 0 Å². The highest BCUT2D eigenvalue weighted by atomic mass is 16.5. The fraction of sp³-hybridized carbons (Fsp3) is 0.636. The molecule has 2 rings (SSSR count). The predicted octanol–water partition coefficient (Wildman–Crippen LogP) is 1.98. The molecule has 0 spiro atoms. The van der Waals surface area contributed by atoms with Crippen LogP contribution in [0.1, 0.15) is 42.5 Å². The molecule has 76 valence electrons. The van der Waals surface area contributed by atoms with Crippen molar-refractivity contribution in [1.82, 2.24) is 9.97 Å². The molecule has 0 saturated carbocycles. The van der Waals surface area contributed by atoms with Crippen molar-refractivity contribution in [3.05, 3.63) is 22.8 Å². The minimum absolute atomic E-state index is 0.404. The molecule has 0 radical (unpaired) electrons. The number of ether oxygens (including phenoxy) is 1. The third kappa shape index (κ3) is 1.64. The van der Waals surface area contributed by atoms with Gasteiger partial charge >= 0.3 is 0 Å². The largest absolute Gasteiger partial charge is 0.376 e. The van der Waals surface area contributed by atoms with Crippen molar-refractivity contribution >= 4 is 0 Å². The van der Waals surface area contributed by atoms with Crippen molar-refractivity contribution in [3.63, 3.8) is 0 Å². The van der Waals surface area contributed by atoms with Crippen molar-refractivity contribution in [3.8, 4) is 0 Å². The number of fused-ring (bicyclic) bond motifs is 1. The van der Waals surface area contributed by atoms with Crippen LogP contribution in [-0.4, -0.2) is 16.6 Å². The standard InChI is InChI=1S/C11H16N2O/c1-7(2)11-12-8(3)9-6-14-5-4-10(9)13-11/h7H,4-6H2,1-3H3. The maximum Gasteiger partial charge on any atom is 0.131 e. The summed E-state index contributed by atoms with van der Waals surface area (Å²) < 4.78 is 5.40. The van der Waals surface area contributed by atoms with Gasteiger partial charge in [0.15, 0.2) is 0 Å². The molecule has 3 nitrogen and oxygen atoms in total. The highest BCUT2D eigenvalue weighted by Crippen LogP contribution is 2.20. The average molecular weight is 192 g/mol. The van der Waals surface area contributed by atoms with Gasteiger partial charge in [-0.05, 0) is 6.92 Å². The second kappa shape index (κ2) is 3.65. The number of hydrogen-bond donors (Lipinski definition) is 0. The van der Waals surface area contributed by atoms with Crippen LogP contribution in [0.4, 0.5) is 0 Å². The Morgan fingerprint density at radius 2 is 2.07 bits per heavy atom. The second-order valence-corrected chi connectivity index (χ2v) is 4.05. The first-order chi connectivity index (χ1) is 6.68. The molecule has 0 aliphatic carbocycles. The van der Waals surface area contributed by atoms with Crippen LogP contribution in [0.25, 0.3) is 0 Å². The van der Waals surface area contributed by atoms with Crippen molar-refractivity contribution in [2.75, 3.05) is 6.61 Å². The fourth-order valence-electron chi connectivity index (χ4n) is 1.67. The molecule has 0 fully saturated rings. The summed E-state index contributed by atoms with van der Waals surface area (Å²) >= 11 is 0. The van der Waals surface area contributed by atoms with Gasteiger partial charge in [-0.15, -0.1) is 0 Å². The van der Waals surface area contributed by atoms with E-state index < -0.39 is 0 Å². The van der Waals surface area contributed by atoms with Gasteiger partial charge in [-0.1, -0.05) is 13.8 Å². The van der Waals surface area contributed by atoms with E-state index in [1.54, 1.807) is 0 Å².